The fraction of sp³-hybridized carbons (Fsp3) is 0.805. The summed E-state index contributed by atoms with van der Waals surface area (Å²) in [7, 11) is 0. The molecule has 0 aromatic heterocycles. The average Bonchev–Trinajstić information content (AvgIpc) is 3.61. The molecule has 8 rings (SSSR count). The van der Waals surface area contributed by atoms with Crippen molar-refractivity contribution in [3.8, 4) is 0 Å². The van der Waals surface area contributed by atoms with Gasteiger partial charge in [-0.05, 0) is 142 Å². The van der Waals surface area contributed by atoms with Gasteiger partial charge in [0, 0.05) is 22.9 Å². The van der Waals surface area contributed by atoms with Crippen molar-refractivity contribution in [3.63, 3.8) is 0 Å². The Morgan fingerprint density at radius 3 is 1.63 bits per heavy atom. The lowest BCUT2D eigenvalue weighted by atomic mass is 9.48. The number of amides is 2. The molecule has 2 heterocycles. The van der Waals surface area contributed by atoms with Crippen LogP contribution in [0.25, 0.3) is 0 Å². The summed E-state index contributed by atoms with van der Waals surface area (Å²) in [6.45, 7) is 11.3. The van der Waals surface area contributed by atoms with E-state index in [1.807, 2.05) is 6.92 Å². The van der Waals surface area contributed by atoms with E-state index >= 15 is 0 Å². The third-order valence-electron chi connectivity index (χ3n) is 16.7. The van der Waals surface area contributed by atoms with Gasteiger partial charge in [-0.1, -0.05) is 39.8 Å². The molecule has 49 heavy (non-hydrogen) atoms. The standard InChI is InChI=1S/C41H58N2O6/c1-23(49-37(47)31-11-9-27-25-7-13-33-41(5,21-17-35(45)43-33)29(25)15-19-39(27,31)3)22-48-36(46)30-10-8-26-24-6-12-32-40(4,20-16-34(44)42-32)28(24)14-18-38(26,30)2/h16-17,20-21,23-33H,6-15,18-19,22H2,1-5H3,(H,42,44)(H,43,45)/t23?,24-,25-,26-,27-,28-,29-,30+,31+,32+,33+,38-,39-,40+,41+/m0/s1. The molecule has 0 aromatic rings. The molecule has 268 valence electrons. The fourth-order valence-corrected chi connectivity index (χ4v) is 14.1. The van der Waals surface area contributed by atoms with E-state index in [-0.39, 0.29) is 75.9 Å². The first kappa shape index (κ1) is 33.5. The molecule has 2 N–H and O–H groups in total. The zero-order valence-electron chi connectivity index (χ0n) is 30.3. The quantitative estimate of drug-likeness (QED) is 0.332. The molecule has 6 fully saturated rings. The first-order valence-corrected chi connectivity index (χ1v) is 19.6. The van der Waals surface area contributed by atoms with Gasteiger partial charge in [0.15, 0.2) is 0 Å². The second-order valence-electron chi connectivity index (χ2n) is 18.7. The molecular formula is C41H58N2O6. The van der Waals surface area contributed by atoms with E-state index in [1.54, 1.807) is 12.2 Å². The van der Waals surface area contributed by atoms with Crippen LogP contribution in [-0.4, -0.2) is 48.5 Å². The van der Waals surface area contributed by atoms with Crippen LogP contribution in [0.15, 0.2) is 24.3 Å². The van der Waals surface area contributed by atoms with Crippen molar-refractivity contribution < 1.29 is 28.7 Å². The number of nitrogens with one attached hydrogen (secondary N) is 2. The molecular weight excluding hydrogens is 616 g/mol. The summed E-state index contributed by atoms with van der Waals surface area (Å²) in [5.74, 6) is 2.68. The van der Waals surface area contributed by atoms with E-state index in [4.69, 9.17) is 9.47 Å². The molecule has 0 bridgehead atoms. The summed E-state index contributed by atoms with van der Waals surface area (Å²) in [6.07, 6.45) is 19.5. The van der Waals surface area contributed by atoms with Crippen molar-refractivity contribution in [2.45, 2.75) is 130 Å². The Bertz CT molecular complexity index is 1470. The van der Waals surface area contributed by atoms with E-state index in [0.717, 1.165) is 77.0 Å². The minimum atomic E-state index is -0.481. The lowest BCUT2D eigenvalue weighted by molar-refractivity contribution is -0.170. The van der Waals surface area contributed by atoms with Crippen molar-refractivity contribution in [2.75, 3.05) is 6.61 Å². The minimum absolute atomic E-state index is 0.0186. The molecule has 2 aliphatic heterocycles. The monoisotopic (exact) mass is 674 g/mol. The Balaban J connectivity index is 0.866. The number of hydrogen-bond acceptors (Lipinski definition) is 6. The van der Waals surface area contributed by atoms with Gasteiger partial charge in [-0.3, -0.25) is 19.2 Å². The van der Waals surface area contributed by atoms with E-state index < -0.39 is 6.10 Å². The van der Waals surface area contributed by atoms with Crippen LogP contribution in [0.4, 0.5) is 0 Å². The van der Waals surface area contributed by atoms with Crippen molar-refractivity contribution in [2.24, 2.45) is 69.0 Å². The summed E-state index contributed by atoms with van der Waals surface area (Å²) in [4.78, 5) is 51.7. The van der Waals surface area contributed by atoms with Crippen LogP contribution in [0.5, 0.6) is 0 Å². The van der Waals surface area contributed by atoms with Gasteiger partial charge in [-0.25, -0.2) is 0 Å². The predicted octanol–water partition coefficient (Wildman–Crippen LogP) is 6.29. The normalized spacial score (nSPS) is 49.9. The Kier molecular flexibility index (Phi) is 8.00. The Hall–Kier alpha value is -2.64. The van der Waals surface area contributed by atoms with Gasteiger partial charge in [-0.15, -0.1) is 0 Å². The Morgan fingerprint density at radius 2 is 1.14 bits per heavy atom. The molecule has 2 amide bonds. The van der Waals surface area contributed by atoms with Crippen molar-refractivity contribution in [1.29, 1.82) is 0 Å². The zero-order chi connectivity index (χ0) is 34.5. The Labute approximate surface area is 292 Å². The summed E-state index contributed by atoms with van der Waals surface area (Å²) in [5.41, 5.74) is -0.199. The van der Waals surface area contributed by atoms with Crippen LogP contribution in [0, 0.1) is 69.0 Å². The van der Waals surface area contributed by atoms with Crippen LogP contribution in [0.2, 0.25) is 0 Å². The number of fused-ring (bicyclic) bond motifs is 10. The molecule has 6 aliphatic carbocycles. The summed E-state index contributed by atoms with van der Waals surface area (Å²) >= 11 is 0. The highest BCUT2D eigenvalue weighted by atomic mass is 16.6. The summed E-state index contributed by atoms with van der Waals surface area (Å²) in [6, 6.07) is 0.412. The van der Waals surface area contributed by atoms with Gasteiger partial charge >= 0.3 is 11.9 Å². The maximum atomic E-state index is 13.8. The van der Waals surface area contributed by atoms with Crippen LogP contribution in [0.1, 0.15) is 112 Å². The van der Waals surface area contributed by atoms with Crippen LogP contribution in [0.3, 0.4) is 0 Å². The number of rotatable bonds is 5. The lowest BCUT2D eigenvalue weighted by Crippen LogP contribution is -2.59. The van der Waals surface area contributed by atoms with Crippen LogP contribution in [-0.2, 0) is 28.7 Å². The second kappa shape index (κ2) is 11.7. The van der Waals surface area contributed by atoms with Gasteiger partial charge < -0.3 is 20.1 Å². The topological polar surface area (TPSA) is 111 Å². The molecule has 8 heteroatoms. The van der Waals surface area contributed by atoms with E-state index in [2.05, 4.69) is 50.5 Å². The number of esters is 2. The largest absolute Gasteiger partial charge is 0.462 e. The lowest BCUT2D eigenvalue weighted by Gasteiger charge is -2.58. The Morgan fingerprint density at radius 1 is 0.673 bits per heavy atom. The highest BCUT2D eigenvalue weighted by Gasteiger charge is 2.63. The first-order valence-electron chi connectivity index (χ1n) is 19.6. The number of hydrogen-bond donors (Lipinski definition) is 2. The molecule has 8 aliphatic rings. The molecule has 1 unspecified atom stereocenters. The molecule has 0 radical (unpaired) electrons. The minimum Gasteiger partial charge on any atom is -0.462 e. The smallest absolute Gasteiger partial charge is 0.309 e. The average molecular weight is 675 g/mol. The number of carbonyl (C=O) groups is 4. The third kappa shape index (κ3) is 5.02. The SMILES string of the molecule is CC(COC(=O)[C@H]1CC[C@H]2[C@@H]3CC[C@H]4NC(=O)C=C[C@]4(C)[C@H]3CC[C@]12C)OC(=O)[C@H]1CC[C@H]2[C@@H]3CC[C@H]4NC(=O)C=C[C@]4(C)[C@H]3CC[C@]12C. The van der Waals surface area contributed by atoms with Crippen molar-refractivity contribution >= 4 is 23.8 Å². The van der Waals surface area contributed by atoms with E-state index in [1.165, 1.54) is 0 Å². The number of ether oxygens (including phenoxy) is 2. The maximum Gasteiger partial charge on any atom is 0.309 e. The molecule has 8 nitrogen and oxygen atoms in total. The van der Waals surface area contributed by atoms with Crippen LogP contribution >= 0.6 is 0 Å². The predicted molar refractivity (Wildman–Crippen MR) is 184 cm³/mol. The zero-order valence-corrected chi connectivity index (χ0v) is 30.3. The van der Waals surface area contributed by atoms with Gasteiger partial charge in [0.2, 0.25) is 11.8 Å². The molecule has 6 saturated carbocycles. The van der Waals surface area contributed by atoms with Crippen LogP contribution < -0.4 is 10.6 Å². The van der Waals surface area contributed by atoms with Gasteiger partial charge in [0.05, 0.1) is 11.8 Å². The second-order valence-corrected chi connectivity index (χ2v) is 18.7. The van der Waals surface area contributed by atoms with Gasteiger partial charge in [0.1, 0.15) is 12.7 Å². The number of carbonyl (C=O) groups excluding carboxylic acids is 4. The maximum absolute atomic E-state index is 13.8. The highest BCUT2D eigenvalue weighted by molar-refractivity contribution is 5.89. The molecule has 0 spiro atoms. The third-order valence-corrected chi connectivity index (χ3v) is 16.7. The van der Waals surface area contributed by atoms with E-state index in [0.29, 0.717) is 35.5 Å². The first-order chi connectivity index (χ1) is 23.3. The molecule has 0 saturated heterocycles. The van der Waals surface area contributed by atoms with Crippen molar-refractivity contribution in [3.05, 3.63) is 24.3 Å². The summed E-state index contributed by atoms with van der Waals surface area (Å²) < 4.78 is 12.1. The summed E-state index contributed by atoms with van der Waals surface area (Å²) in [5, 5.41) is 6.47. The van der Waals surface area contributed by atoms with E-state index in [9.17, 15) is 19.2 Å². The molecule has 15 atom stereocenters. The highest BCUT2D eigenvalue weighted by Crippen LogP contribution is 2.66. The van der Waals surface area contributed by atoms with Gasteiger partial charge in [-0.2, -0.15) is 0 Å². The van der Waals surface area contributed by atoms with Gasteiger partial charge in [0.25, 0.3) is 0 Å². The van der Waals surface area contributed by atoms with Crippen molar-refractivity contribution in [1.82, 2.24) is 10.6 Å². The fourth-order valence-electron chi connectivity index (χ4n) is 14.1. The molecule has 0 aromatic carbocycles.